The maximum absolute atomic E-state index is 2.53. The Hall–Kier alpha value is 0.423. The third-order valence-electron chi connectivity index (χ3n) is 6.14. The molecule has 0 N–H and O–H groups in total. The van der Waals surface area contributed by atoms with Crippen LogP contribution < -0.4 is 24.8 Å². The molecule has 4 aliphatic carbocycles. The van der Waals surface area contributed by atoms with Crippen LogP contribution in [0.25, 0.3) is 0 Å². The topological polar surface area (TPSA) is 0 Å². The molecule has 0 aromatic carbocycles. The third-order valence-corrected chi connectivity index (χ3v) is 11.0. The van der Waals surface area contributed by atoms with Crippen molar-refractivity contribution in [2.24, 2.45) is 11.8 Å². The van der Waals surface area contributed by atoms with Gasteiger partial charge in [0.1, 0.15) is 0 Å². The molecule has 0 saturated heterocycles. The fourth-order valence-electron chi connectivity index (χ4n) is 5.31. The van der Waals surface area contributed by atoms with E-state index in [0.29, 0.717) is 0 Å². The summed E-state index contributed by atoms with van der Waals surface area (Å²) in [5.74, 6) is 1.49. The quantitative estimate of drug-likeness (QED) is 0.582. The minimum atomic E-state index is -0.368. The first-order valence-corrected chi connectivity index (χ1v) is 11.5. The maximum Gasteiger partial charge on any atom is -1.00 e. The van der Waals surface area contributed by atoms with E-state index in [1.807, 2.05) is 22.3 Å². The van der Waals surface area contributed by atoms with Gasteiger partial charge in [0.15, 0.2) is 0 Å². The molecular weight excluding hydrogens is 402 g/mol. The van der Waals surface area contributed by atoms with Crippen LogP contribution in [-0.4, -0.2) is 0 Å². The van der Waals surface area contributed by atoms with E-state index < -0.39 is 0 Å². The molecule has 0 aromatic rings. The summed E-state index contributed by atoms with van der Waals surface area (Å²) in [5.41, 5.74) is 10.6. The smallest absolute Gasteiger partial charge is 1.00 e. The van der Waals surface area contributed by atoms with Crippen LogP contribution in [0.4, 0.5) is 0 Å². The first-order valence-electron chi connectivity index (χ1n) is 8.65. The average Bonchev–Trinajstić information content (AvgIpc) is 3.12. The molecule has 4 atom stereocenters. The van der Waals surface area contributed by atoms with E-state index in [2.05, 4.69) is 39.8 Å². The molecule has 124 valence electrons. The fourth-order valence-corrected chi connectivity index (χ4v) is 10.9. The van der Waals surface area contributed by atoms with Gasteiger partial charge < -0.3 is 24.8 Å². The van der Waals surface area contributed by atoms with Gasteiger partial charge in [-0.25, -0.2) is 0 Å². The maximum atomic E-state index is 2.53. The molecule has 0 amide bonds. The SMILES string of the molecule is CC1=CC(C)C2=C1[CH]([Zr+2][CH]1CCC3=C1C(C)=CC3C)CC2.[Cl-].[Cl-]. The zero-order valence-corrected chi connectivity index (χ0v) is 18.5. The van der Waals surface area contributed by atoms with Crippen LogP contribution in [0.5, 0.6) is 0 Å². The fraction of sp³-hybridized carbons (Fsp3) is 0.600. The first kappa shape index (κ1) is 19.7. The van der Waals surface area contributed by atoms with Crippen molar-refractivity contribution in [2.75, 3.05) is 0 Å². The van der Waals surface area contributed by atoms with Crippen molar-refractivity contribution < 1.29 is 48.0 Å². The van der Waals surface area contributed by atoms with Gasteiger partial charge in [0, 0.05) is 0 Å². The van der Waals surface area contributed by atoms with Gasteiger partial charge in [-0.3, -0.25) is 0 Å². The van der Waals surface area contributed by atoms with Crippen molar-refractivity contribution in [1.82, 2.24) is 0 Å². The van der Waals surface area contributed by atoms with Crippen molar-refractivity contribution in [3.05, 3.63) is 45.6 Å². The summed E-state index contributed by atoms with van der Waals surface area (Å²) >= 11 is -0.368. The van der Waals surface area contributed by atoms with E-state index in [-0.39, 0.29) is 48.0 Å². The Balaban J connectivity index is 0.000000960. The number of hydrogen-bond acceptors (Lipinski definition) is 0. The molecule has 0 bridgehead atoms. The zero-order chi connectivity index (χ0) is 14.7. The molecule has 0 aliphatic heterocycles. The van der Waals surface area contributed by atoms with Crippen LogP contribution in [-0.2, 0) is 23.2 Å². The van der Waals surface area contributed by atoms with Crippen LogP contribution in [0.1, 0.15) is 53.4 Å². The molecule has 3 heteroatoms. The molecule has 0 saturated carbocycles. The van der Waals surface area contributed by atoms with E-state index in [9.17, 15) is 0 Å². The summed E-state index contributed by atoms with van der Waals surface area (Å²) in [6.45, 7) is 9.55. The van der Waals surface area contributed by atoms with E-state index in [1.54, 1.807) is 11.1 Å². The van der Waals surface area contributed by atoms with Crippen LogP contribution in [0.2, 0.25) is 7.25 Å². The van der Waals surface area contributed by atoms with Crippen LogP contribution in [0.3, 0.4) is 0 Å². The Kier molecular flexibility index (Phi) is 6.31. The molecule has 0 aromatic heterocycles. The van der Waals surface area contributed by atoms with Gasteiger partial charge in [-0.1, -0.05) is 0 Å². The molecular formula is C20H26Cl2Zr. The zero-order valence-electron chi connectivity index (χ0n) is 14.5. The molecule has 0 radical (unpaired) electrons. The minimum Gasteiger partial charge on any atom is -1.00 e. The molecule has 0 heterocycles. The summed E-state index contributed by atoms with van der Waals surface area (Å²) in [7, 11) is 0. The van der Waals surface area contributed by atoms with Crippen molar-refractivity contribution in [3.63, 3.8) is 0 Å². The minimum absolute atomic E-state index is 0. The standard InChI is InChI=1S/2C10H13.2ClH.Zr/c2*1-7-6-8(2)10-5-3-4-9(7)10;;;/h2*4,6,8H,3,5H2,1-2H3;2*1H;/q;;;;+2/p-2. The van der Waals surface area contributed by atoms with Crippen molar-refractivity contribution in [2.45, 2.75) is 60.6 Å². The van der Waals surface area contributed by atoms with Gasteiger partial charge >= 0.3 is 141 Å². The molecule has 4 aliphatic rings. The average molecular weight is 429 g/mol. The van der Waals surface area contributed by atoms with Gasteiger partial charge in [-0.05, 0) is 0 Å². The third kappa shape index (κ3) is 3.16. The number of hydrogen-bond donors (Lipinski definition) is 0. The molecule has 0 fully saturated rings. The van der Waals surface area contributed by atoms with Crippen LogP contribution in [0.15, 0.2) is 45.6 Å². The second-order valence-corrected chi connectivity index (χ2v) is 11.7. The predicted molar refractivity (Wildman–Crippen MR) is 85.9 cm³/mol. The number of allylic oxidation sites excluding steroid dienone is 8. The van der Waals surface area contributed by atoms with E-state index in [1.165, 1.54) is 25.7 Å². The summed E-state index contributed by atoms with van der Waals surface area (Å²) in [6, 6.07) is 0. The van der Waals surface area contributed by atoms with Crippen molar-refractivity contribution in [3.8, 4) is 0 Å². The second-order valence-electron chi connectivity index (χ2n) is 7.50. The van der Waals surface area contributed by atoms with Gasteiger partial charge in [-0.15, -0.1) is 0 Å². The Morgan fingerprint density at radius 3 is 1.57 bits per heavy atom. The Bertz CT molecular complexity index is 570. The Labute approximate surface area is 165 Å². The normalized spacial score (nSPS) is 34.4. The summed E-state index contributed by atoms with van der Waals surface area (Å²) in [6.07, 6.45) is 10.8. The summed E-state index contributed by atoms with van der Waals surface area (Å²) < 4.78 is 2.04. The van der Waals surface area contributed by atoms with Gasteiger partial charge in [0.2, 0.25) is 0 Å². The van der Waals surface area contributed by atoms with Crippen molar-refractivity contribution >= 4 is 0 Å². The summed E-state index contributed by atoms with van der Waals surface area (Å²) in [5, 5.41) is 0. The van der Waals surface area contributed by atoms with Crippen LogP contribution in [0, 0.1) is 11.8 Å². The Morgan fingerprint density at radius 1 is 0.783 bits per heavy atom. The van der Waals surface area contributed by atoms with E-state index in [4.69, 9.17) is 0 Å². The molecule has 0 spiro atoms. The largest absolute Gasteiger partial charge is 1.00 e. The molecule has 0 nitrogen and oxygen atoms in total. The Morgan fingerprint density at radius 2 is 1.17 bits per heavy atom. The van der Waals surface area contributed by atoms with E-state index >= 15 is 0 Å². The van der Waals surface area contributed by atoms with Gasteiger partial charge in [0.05, 0.1) is 0 Å². The molecule has 23 heavy (non-hydrogen) atoms. The first-order chi connectivity index (χ1) is 10.1. The van der Waals surface area contributed by atoms with Crippen LogP contribution >= 0.6 is 0 Å². The van der Waals surface area contributed by atoms with Gasteiger partial charge in [0.25, 0.3) is 0 Å². The molecule has 4 unspecified atom stereocenters. The monoisotopic (exact) mass is 426 g/mol. The van der Waals surface area contributed by atoms with Gasteiger partial charge in [-0.2, -0.15) is 0 Å². The van der Waals surface area contributed by atoms with E-state index in [0.717, 1.165) is 19.1 Å². The molecule has 4 rings (SSSR count). The summed E-state index contributed by atoms with van der Waals surface area (Å²) in [4.78, 5) is 0. The number of halogens is 2. The van der Waals surface area contributed by atoms with Crippen molar-refractivity contribution in [1.29, 1.82) is 0 Å². The number of rotatable bonds is 2. The second kappa shape index (κ2) is 7.35. The predicted octanol–water partition coefficient (Wildman–Crippen LogP) is 0.0267.